The van der Waals surface area contributed by atoms with Crippen LogP contribution in [0.1, 0.15) is 5.69 Å². The van der Waals surface area contributed by atoms with Crippen LogP contribution in [-0.2, 0) is 11.2 Å². The van der Waals surface area contributed by atoms with Crippen molar-refractivity contribution in [3.05, 3.63) is 47.5 Å². The molecule has 3 aromatic heterocycles. The lowest BCUT2D eigenvalue weighted by atomic mass is 10.2. The Hall–Kier alpha value is -2.18. The number of benzene rings is 1. The van der Waals surface area contributed by atoms with Crippen molar-refractivity contribution in [2.75, 3.05) is 0 Å². The van der Waals surface area contributed by atoms with Gasteiger partial charge in [0.1, 0.15) is 5.69 Å². The summed E-state index contributed by atoms with van der Waals surface area (Å²) in [6, 6.07) is 11.9. The standard InChI is InChI=1S/C15H10N2O2S2/c18-13(19)8-10-14(12-6-3-7-20-12)16-15-17(10)9-4-1-2-5-11(9)21-15/h1-7H,8H2,(H,18,19). The lowest BCUT2D eigenvalue weighted by Crippen LogP contribution is -2.04. The maximum atomic E-state index is 11.3. The van der Waals surface area contributed by atoms with E-state index < -0.39 is 5.97 Å². The molecule has 1 aromatic carbocycles. The quantitative estimate of drug-likeness (QED) is 0.624. The second kappa shape index (κ2) is 4.68. The lowest BCUT2D eigenvalue weighted by Gasteiger charge is -2.01. The first kappa shape index (κ1) is 12.6. The Morgan fingerprint density at radius 1 is 1.24 bits per heavy atom. The van der Waals surface area contributed by atoms with Crippen LogP contribution in [0.25, 0.3) is 25.7 Å². The predicted octanol–water partition coefficient (Wildman–Crippen LogP) is 3.90. The van der Waals surface area contributed by atoms with Gasteiger partial charge in [0.2, 0.25) is 0 Å². The number of hydrogen-bond donors (Lipinski definition) is 1. The molecule has 0 amide bonds. The molecule has 0 atom stereocenters. The summed E-state index contributed by atoms with van der Waals surface area (Å²) in [7, 11) is 0. The van der Waals surface area contributed by atoms with Crippen molar-refractivity contribution in [1.82, 2.24) is 9.38 Å². The molecule has 0 bridgehead atoms. The molecule has 21 heavy (non-hydrogen) atoms. The first-order valence-electron chi connectivity index (χ1n) is 6.38. The first-order chi connectivity index (χ1) is 10.2. The Labute approximate surface area is 127 Å². The van der Waals surface area contributed by atoms with E-state index in [1.54, 1.807) is 22.7 Å². The highest BCUT2D eigenvalue weighted by Gasteiger charge is 2.20. The fraction of sp³-hybridized carbons (Fsp3) is 0.0667. The Morgan fingerprint density at radius 2 is 2.10 bits per heavy atom. The normalized spacial score (nSPS) is 11.4. The van der Waals surface area contributed by atoms with Crippen LogP contribution in [0.3, 0.4) is 0 Å². The van der Waals surface area contributed by atoms with Crippen LogP contribution in [0.2, 0.25) is 0 Å². The van der Waals surface area contributed by atoms with Crippen molar-refractivity contribution in [3.63, 3.8) is 0 Å². The third kappa shape index (κ3) is 1.95. The highest BCUT2D eigenvalue weighted by atomic mass is 32.1. The number of imidazole rings is 1. The molecule has 6 heteroatoms. The van der Waals surface area contributed by atoms with E-state index in [1.807, 2.05) is 46.2 Å². The minimum absolute atomic E-state index is 0.0326. The zero-order valence-electron chi connectivity index (χ0n) is 10.8. The van der Waals surface area contributed by atoms with Gasteiger partial charge in [0.05, 0.1) is 27.2 Å². The van der Waals surface area contributed by atoms with E-state index in [4.69, 9.17) is 0 Å². The van der Waals surface area contributed by atoms with Crippen LogP contribution < -0.4 is 0 Å². The van der Waals surface area contributed by atoms with Gasteiger partial charge in [-0.2, -0.15) is 0 Å². The van der Waals surface area contributed by atoms with Gasteiger partial charge in [0.25, 0.3) is 0 Å². The number of para-hydroxylation sites is 1. The van der Waals surface area contributed by atoms with Gasteiger partial charge in [-0.15, -0.1) is 11.3 Å². The van der Waals surface area contributed by atoms with Crippen molar-refractivity contribution in [2.24, 2.45) is 0 Å². The number of hydrogen-bond acceptors (Lipinski definition) is 4. The average molecular weight is 314 g/mol. The minimum Gasteiger partial charge on any atom is -0.481 e. The van der Waals surface area contributed by atoms with Crippen molar-refractivity contribution >= 4 is 43.8 Å². The predicted molar refractivity (Wildman–Crippen MR) is 85.2 cm³/mol. The molecule has 0 aliphatic carbocycles. The Morgan fingerprint density at radius 3 is 2.86 bits per heavy atom. The fourth-order valence-corrected chi connectivity index (χ4v) is 4.27. The zero-order chi connectivity index (χ0) is 14.4. The second-order valence-corrected chi connectivity index (χ2v) is 6.60. The third-order valence-electron chi connectivity index (χ3n) is 3.32. The summed E-state index contributed by atoms with van der Waals surface area (Å²) in [4.78, 5) is 17.8. The lowest BCUT2D eigenvalue weighted by molar-refractivity contribution is -0.136. The van der Waals surface area contributed by atoms with Crippen molar-refractivity contribution in [3.8, 4) is 10.6 Å². The largest absolute Gasteiger partial charge is 0.481 e. The van der Waals surface area contributed by atoms with Crippen LogP contribution in [0.15, 0.2) is 41.8 Å². The summed E-state index contributed by atoms with van der Waals surface area (Å²) in [5, 5.41) is 11.2. The SMILES string of the molecule is O=C(O)Cc1c(-c2cccs2)nc2sc3ccccc3n12. The van der Waals surface area contributed by atoms with Gasteiger partial charge in [0, 0.05) is 0 Å². The molecule has 0 spiro atoms. The van der Waals surface area contributed by atoms with E-state index in [-0.39, 0.29) is 6.42 Å². The second-order valence-electron chi connectivity index (χ2n) is 4.64. The molecule has 0 aliphatic heterocycles. The number of aliphatic carboxylic acids is 1. The van der Waals surface area contributed by atoms with Gasteiger partial charge in [0.15, 0.2) is 4.96 Å². The molecular formula is C15H10N2O2S2. The van der Waals surface area contributed by atoms with Crippen LogP contribution in [0.4, 0.5) is 0 Å². The minimum atomic E-state index is -0.843. The van der Waals surface area contributed by atoms with E-state index >= 15 is 0 Å². The maximum Gasteiger partial charge on any atom is 0.309 e. The summed E-state index contributed by atoms with van der Waals surface area (Å²) in [6.45, 7) is 0. The summed E-state index contributed by atoms with van der Waals surface area (Å²) >= 11 is 3.16. The smallest absolute Gasteiger partial charge is 0.309 e. The summed E-state index contributed by atoms with van der Waals surface area (Å²) in [5.41, 5.74) is 2.55. The molecule has 0 saturated heterocycles. The third-order valence-corrected chi connectivity index (χ3v) is 5.22. The van der Waals surface area contributed by atoms with Gasteiger partial charge >= 0.3 is 5.97 Å². The molecule has 4 aromatic rings. The Balaban J connectivity index is 2.08. The molecule has 0 saturated carbocycles. The van der Waals surface area contributed by atoms with Crippen molar-refractivity contribution < 1.29 is 9.90 Å². The molecule has 3 heterocycles. The van der Waals surface area contributed by atoms with E-state index in [0.29, 0.717) is 0 Å². The maximum absolute atomic E-state index is 11.3. The molecule has 0 radical (unpaired) electrons. The van der Waals surface area contributed by atoms with Gasteiger partial charge < -0.3 is 5.11 Å². The molecule has 0 fully saturated rings. The van der Waals surface area contributed by atoms with Crippen LogP contribution in [-0.4, -0.2) is 20.5 Å². The van der Waals surface area contributed by atoms with Gasteiger partial charge in [-0.25, -0.2) is 4.98 Å². The zero-order valence-corrected chi connectivity index (χ0v) is 12.4. The van der Waals surface area contributed by atoms with Gasteiger partial charge in [-0.3, -0.25) is 9.20 Å². The van der Waals surface area contributed by atoms with E-state index in [9.17, 15) is 9.90 Å². The van der Waals surface area contributed by atoms with Crippen molar-refractivity contribution in [1.29, 1.82) is 0 Å². The van der Waals surface area contributed by atoms with Crippen LogP contribution in [0, 0.1) is 0 Å². The van der Waals surface area contributed by atoms with Gasteiger partial charge in [-0.1, -0.05) is 29.5 Å². The molecule has 104 valence electrons. The summed E-state index contributed by atoms with van der Waals surface area (Å²) < 4.78 is 3.09. The van der Waals surface area contributed by atoms with Gasteiger partial charge in [-0.05, 0) is 23.6 Å². The number of thiazole rings is 1. The highest BCUT2D eigenvalue weighted by Crippen LogP contribution is 2.34. The molecule has 4 rings (SSSR count). The highest BCUT2D eigenvalue weighted by molar-refractivity contribution is 7.23. The topological polar surface area (TPSA) is 54.6 Å². The number of fused-ring (bicyclic) bond motifs is 3. The summed E-state index contributed by atoms with van der Waals surface area (Å²) in [6.07, 6.45) is -0.0326. The molecular weight excluding hydrogens is 304 g/mol. The number of carboxylic acids is 1. The number of nitrogens with zero attached hydrogens (tertiary/aromatic N) is 2. The van der Waals surface area contributed by atoms with Crippen LogP contribution in [0.5, 0.6) is 0 Å². The molecule has 4 nitrogen and oxygen atoms in total. The Bertz CT molecular complexity index is 951. The van der Waals surface area contributed by atoms with E-state index in [2.05, 4.69) is 4.98 Å². The van der Waals surface area contributed by atoms with E-state index in [1.165, 1.54) is 0 Å². The summed E-state index contributed by atoms with van der Waals surface area (Å²) in [5.74, 6) is -0.843. The molecule has 1 N–H and O–H groups in total. The first-order valence-corrected chi connectivity index (χ1v) is 8.08. The number of rotatable bonds is 3. The molecule has 0 unspecified atom stereocenters. The number of thiophene rings is 1. The average Bonchev–Trinajstić information content (AvgIpc) is 3.13. The van der Waals surface area contributed by atoms with Crippen molar-refractivity contribution in [2.45, 2.75) is 6.42 Å². The fourth-order valence-electron chi connectivity index (χ4n) is 2.49. The van der Waals surface area contributed by atoms with E-state index in [0.717, 1.165) is 31.4 Å². The Kier molecular flexibility index (Phi) is 2.80. The van der Waals surface area contributed by atoms with Crippen LogP contribution >= 0.6 is 22.7 Å². The monoisotopic (exact) mass is 314 g/mol. The number of aromatic nitrogens is 2. The number of carbonyl (C=O) groups is 1. The molecule has 0 aliphatic rings. The number of carboxylic acid groups (broad SMARTS) is 1.